The molecule has 1 amide bonds. The lowest BCUT2D eigenvalue weighted by atomic mass is 10.1. The summed E-state index contributed by atoms with van der Waals surface area (Å²) in [5.41, 5.74) is 2.15. The molecular formula is C12H19ClN2O. The number of carbonyl (C=O) groups is 1. The van der Waals surface area contributed by atoms with Crippen molar-refractivity contribution in [2.24, 2.45) is 0 Å². The largest absolute Gasteiger partial charge is 0.315 e. The molecule has 4 heteroatoms. The molecule has 0 atom stereocenters. The number of nitrogens with zero attached hydrogens (tertiary/aromatic N) is 2. The summed E-state index contributed by atoms with van der Waals surface area (Å²) in [5.74, 6) is 0.0567. The third-order valence-corrected chi connectivity index (χ3v) is 2.31. The third-order valence-electron chi connectivity index (χ3n) is 2.31. The highest BCUT2D eigenvalue weighted by Crippen LogP contribution is 2.20. The summed E-state index contributed by atoms with van der Waals surface area (Å²) in [6.45, 7) is 2.42. The van der Waals surface area contributed by atoms with Gasteiger partial charge in [-0.3, -0.25) is 4.79 Å². The SMILES string of the molecule is CC(=O)N(C)c1ccccc1CN(C)C.Cl. The van der Waals surface area contributed by atoms with Crippen molar-refractivity contribution in [1.29, 1.82) is 0 Å². The van der Waals surface area contributed by atoms with Gasteiger partial charge in [-0.05, 0) is 25.7 Å². The van der Waals surface area contributed by atoms with Crippen LogP contribution in [-0.2, 0) is 11.3 Å². The Kier molecular flexibility index (Phi) is 6.08. The summed E-state index contributed by atoms with van der Waals surface area (Å²) in [5, 5.41) is 0. The smallest absolute Gasteiger partial charge is 0.223 e. The van der Waals surface area contributed by atoms with E-state index in [4.69, 9.17) is 0 Å². The molecule has 1 aromatic rings. The quantitative estimate of drug-likeness (QED) is 0.811. The lowest BCUT2D eigenvalue weighted by Gasteiger charge is -2.20. The average Bonchev–Trinajstić information content (AvgIpc) is 2.16. The first-order valence-electron chi connectivity index (χ1n) is 4.99. The van der Waals surface area contributed by atoms with Crippen LogP contribution in [0.5, 0.6) is 0 Å². The fraction of sp³-hybridized carbons (Fsp3) is 0.417. The Morgan fingerprint density at radius 3 is 2.25 bits per heavy atom. The zero-order chi connectivity index (χ0) is 11.4. The minimum atomic E-state index is 0. The molecule has 1 aromatic carbocycles. The molecule has 0 radical (unpaired) electrons. The Balaban J connectivity index is 0.00000225. The number of hydrogen-bond acceptors (Lipinski definition) is 2. The summed E-state index contributed by atoms with van der Waals surface area (Å²) in [4.78, 5) is 15.1. The van der Waals surface area contributed by atoms with Crippen molar-refractivity contribution in [3.05, 3.63) is 29.8 Å². The number of hydrogen-bond donors (Lipinski definition) is 0. The maximum absolute atomic E-state index is 11.3. The molecule has 0 fully saturated rings. The first-order valence-corrected chi connectivity index (χ1v) is 4.99. The van der Waals surface area contributed by atoms with E-state index in [0.717, 1.165) is 12.2 Å². The molecular weight excluding hydrogens is 224 g/mol. The molecule has 0 aliphatic rings. The third kappa shape index (κ3) is 3.83. The molecule has 0 bridgehead atoms. The van der Waals surface area contributed by atoms with Crippen molar-refractivity contribution in [3.63, 3.8) is 0 Å². The van der Waals surface area contributed by atoms with Gasteiger partial charge < -0.3 is 9.80 Å². The zero-order valence-corrected chi connectivity index (χ0v) is 11.0. The van der Waals surface area contributed by atoms with Crippen molar-refractivity contribution in [3.8, 4) is 0 Å². The Labute approximate surface area is 103 Å². The van der Waals surface area contributed by atoms with E-state index in [1.807, 2.05) is 32.3 Å². The van der Waals surface area contributed by atoms with E-state index in [0.29, 0.717) is 0 Å². The van der Waals surface area contributed by atoms with Gasteiger partial charge in [0.1, 0.15) is 0 Å². The molecule has 0 unspecified atom stereocenters. The van der Waals surface area contributed by atoms with Crippen LogP contribution in [0.25, 0.3) is 0 Å². The van der Waals surface area contributed by atoms with Gasteiger partial charge in [-0.2, -0.15) is 0 Å². The zero-order valence-electron chi connectivity index (χ0n) is 10.2. The number of anilines is 1. The van der Waals surface area contributed by atoms with Crippen LogP contribution in [0.3, 0.4) is 0 Å². The van der Waals surface area contributed by atoms with Crippen molar-refractivity contribution >= 4 is 24.0 Å². The second-order valence-corrected chi connectivity index (χ2v) is 3.94. The monoisotopic (exact) mass is 242 g/mol. The summed E-state index contributed by atoms with van der Waals surface area (Å²) >= 11 is 0. The molecule has 16 heavy (non-hydrogen) atoms. The molecule has 3 nitrogen and oxygen atoms in total. The Morgan fingerprint density at radius 2 is 1.75 bits per heavy atom. The predicted octanol–water partition coefficient (Wildman–Crippen LogP) is 2.15. The van der Waals surface area contributed by atoms with Crippen molar-refractivity contribution < 1.29 is 4.79 Å². The van der Waals surface area contributed by atoms with Crippen LogP contribution >= 0.6 is 12.4 Å². The molecule has 0 spiro atoms. The van der Waals surface area contributed by atoms with E-state index < -0.39 is 0 Å². The van der Waals surface area contributed by atoms with Crippen LogP contribution in [0, 0.1) is 0 Å². The van der Waals surface area contributed by atoms with E-state index in [9.17, 15) is 4.79 Å². The maximum atomic E-state index is 11.3. The minimum absolute atomic E-state index is 0. The Hall–Kier alpha value is -1.06. The van der Waals surface area contributed by atoms with Crippen LogP contribution in [0.1, 0.15) is 12.5 Å². The highest BCUT2D eigenvalue weighted by molar-refractivity contribution is 5.91. The van der Waals surface area contributed by atoms with Crippen LogP contribution < -0.4 is 4.90 Å². The van der Waals surface area contributed by atoms with E-state index in [1.54, 1.807) is 18.9 Å². The summed E-state index contributed by atoms with van der Waals surface area (Å²) in [6, 6.07) is 7.97. The minimum Gasteiger partial charge on any atom is -0.315 e. The van der Waals surface area contributed by atoms with Crippen LogP contribution in [0.4, 0.5) is 5.69 Å². The van der Waals surface area contributed by atoms with E-state index in [1.165, 1.54) is 5.56 Å². The topological polar surface area (TPSA) is 23.6 Å². The average molecular weight is 243 g/mol. The van der Waals surface area contributed by atoms with Gasteiger partial charge in [0.15, 0.2) is 0 Å². The van der Waals surface area contributed by atoms with Gasteiger partial charge >= 0.3 is 0 Å². The fourth-order valence-corrected chi connectivity index (χ4v) is 1.48. The molecule has 0 saturated carbocycles. The Bertz CT molecular complexity index is 353. The van der Waals surface area contributed by atoms with Crippen LogP contribution in [0.2, 0.25) is 0 Å². The van der Waals surface area contributed by atoms with Crippen molar-refractivity contribution in [1.82, 2.24) is 4.90 Å². The van der Waals surface area contributed by atoms with Gasteiger partial charge in [0.2, 0.25) is 5.91 Å². The number of para-hydroxylation sites is 1. The Morgan fingerprint density at radius 1 is 1.19 bits per heavy atom. The lowest BCUT2D eigenvalue weighted by molar-refractivity contribution is -0.116. The number of carbonyl (C=O) groups excluding carboxylic acids is 1. The number of rotatable bonds is 3. The first-order chi connectivity index (χ1) is 7.02. The molecule has 0 aromatic heterocycles. The van der Waals surface area contributed by atoms with E-state index in [-0.39, 0.29) is 18.3 Å². The number of amides is 1. The highest BCUT2D eigenvalue weighted by Gasteiger charge is 2.10. The second-order valence-electron chi connectivity index (χ2n) is 3.94. The van der Waals surface area contributed by atoms with Crippen molar-refractivity contribution in [2.75, 3.05) is 26.0 Å². The van der Waals surface area contributed by atoms with Gasteiger partial charge in [0.05, 0.1) is 0 Å². The molecule has 1 rings (SSSR count). The molecule has 0 heterocycles. The van der Waals surface area contributed by atoms with Gasteiger partial charge in [-0.1, -0.05) is 18.2 Å². The molecule has 0 aliphatic heterocycles. The van der Waals surface area contributed by atoms with E-state index in [2.05, 4.69) is 11.0 Å². The van der Waals surface area contributed by atoms with E-state index >= 15 is 0 Å². The number of benzene rings is 1. The molecule has 0 aliphatic carbocycles. The van der Waals surface area contributed by atoms with Gasteiger partial charge in [-0.25, -0.2) is 0 Å². The number of halogens is 1. The summed E-state index contributed by atoms with van der Waals surface area (Å²) < 4.78 is 0. The standard InChI is InChI=1S/C12H18N2O.ClH/c1-10(15)14(4)12-8-6-5-7-11(12)9-13(2)3;/h5-8H,9H2,1-4H3;1H. The summed E-state index contributed by atoms with van der Waals surface area (Å²) in [7, 11) is 5.84. The molecule has 0 saturated heterocycles. The lowest BCUT2D eigenvalue weighted by Crippen LogP contribution is -2.25. The predicted molar refractivity (Wildman–Crippen MR) is 70.2 cm³/mol. The van der Waals surface area contributed by atoms with Gasteiger partial charge in [-0.15, -0.1) is 12.4 Å². The fourth-order valence-electron chi connectivity index (χ4n) is 1.48. The molecule has 0 N–H and O–H groups in total. The summed E-state index contributed by atoms with van der Waals surface area (Å²) in [6.07, 6.45) is 0. The second kappa shape index (κ2) is 6.51. The van der Waals surface area contributed by atoms with Crippen LogP contribution in [0.15, 0.2) is 24.3 Å². The first kappa shape index (κ1) is 14.9. The van der Waals surface area contributed by atoms with Crippen LogP contribution in [-0.4, -0.2) is 32.0 Å². The van der Waals surface area contributed by atoms with Gasteiger partial charge in [0, 0.05) is 26.2 Å². The molecule has 90 valence electrons. The highest BCUT2D eigenvalue weighted by atomic mass is 35.5. The normalized spacial score (nSPS) is 9.81. The maximum Gasteiger partial charge on any atom is 0.223 e. The van der Waals surface area contributed by atoms with Gasteiger partial charge in [0.25, 0.3) is 0 Å². The van der Waals surface area contributed by atoms with Crippen molar-refractivity contribution in [2.45, 2.75) is 13.5 Å².